The summed E-state index contributed by atoms with van der Waals surface area (Å²) in [4.78, 5) is 16.9. The number of amides is 1. The number of benzene rings is 1. The molecule has 0 radical (unpaired) electrons. The predicted molar refractivity (Wildman–Crippen MR) is 91.5 cm³/mol. The molecule has 1 aliphatic heterocycles. The molecule has 1 saturated heterocycles. The lowest BCUT2D eigenvalue weighted by molar-refractivity contribution is -0.134. The molecule has 0 saturated carbocycles. The van der Waals surface area contributed by atoms with Crippen LogP contribution in [0.2, 0.25) is 0 Å². The van der Waals surface area contributed by atoms with Crippen molar-refractivity contribution < 1.29 is 4.79 Å². The Morgan fingerprint density at radius 3 is 2.65 bits per heavy atom. The van der Waals surface area contributed by atoms with E-state index in [1.54, 1.807) is 10.9 Å². The van der Waals surface area contributed by atoms with Crippen LogP contribution in [0.15, 0.2) is 36.5 Å². The SMILES string of the molecule is Cc1ccccc1N1CCN(C(=O)Cn2nccc2C)[C@@H](C)C1. The third-order valence-electron chi connectivity index (χ3n) is 4.62. The fourth-order valence-electron chi connectivity index (χ4n) is 3.25. The highest BCUT2D eigenvalue weighted by Gasteiger charge is 2.28. The van der Waals surface area contributed by atoms with Gasteiger partial charge >= 0.3 is 0 Å². The molecule has 1 fully saturated rings. The van der Waals surface area contributed by atoms with E-state index in [2.05, 4.69) is 48.1 Å². The Morgan fingerprint density at radius 2 is 2.00 bits per heavy atom. The molecule has 0 spiro atoms. The minimum absolute atomic E-state index is 0.147. The molecule has 1 amide bonds. The third kappa shape index (κ3) is 3.23. The third-order valence-corrected chi connectivity index (χ3v) is 4.62. The second-order valence-corrected chi connectivity index (χ2v) is 6.30. The van der Waals surface area contributed by atoms with Crippen molar-refractivity contribution in [2.45, 2.75) is 33.4 Å². The molecule has 2 heterocycles. The summed E-state index contributed by atoms with van der Waals surface area (Å²) >= 11 is 0. The van der Waals surface area contributed by atoms with Gasteiger partial charge in [0.2, 0.25) is 5.91 Å². The lowest BCUT2D eigenvalue weighted by Gasteiger charge is -2.41. The van der Waals surface area contributed by atoms with Gasteiger partial charge in [-0.25, -0.2) is 0 Å². The van der Waals surface area contributed by atoms with Crippen molar-refractivity contribution in [2.75, 3.05) is 24.5 Å². The van der Waals surface area contributed by atoms with E-state index >= 15 is 0 Å². The maximum absolute atomic E-state index is 12.6. The second kappa shape index (κ2) is 6.44. The van der Waals surface area contributed by atoms with Crippen molar-refractivity contribution >= 4 is 11.6 Å². The van der Waals surface area contributed by atoms with E-state index in [1.165, 1.54) is 11.3 Å². The van der Waals surface area contributed by atoms with Gasteiger partial charge in [-0.05, 0) is 38.5 Å². The topological polar surface area (TPSA) is 41.4 Å². The van der Waals surface area contributed by atoms with Crippen molar-refractivity contribution in [3.8, 4) is 0 Å². The van der Waals surface area contributed by atoms with Crippen LogP contribution < -0.4 is 4.90 Å². The summed E-state index contributed by atoms with van der Waals surface area (Å²) in [6.07, 6.45) is 1.74. The molecule has 2 aromatic rings. The molecule has 23 heavy (non-hydrogen) atoms. The molecule has 5 nitrogen and oxygen atoms in total. The number of hydrogen-bond acceptors (Lipinski definition) is 3. The molecule has 1 aromatic heterocycles. The first-order chi connectivity index (χ1) is 11.1. The first-order valence-corrected chi connectivity index (χ1v) is 8.14. The maximum Gasteiger partial charge on any atom is 0.244 e. The van der Waals surface area contributed by atoms with Crippen LogP contribution in [0, 0.1) is 13.8 Å². The number of aryl methyl sites for hydroxylation is 2. The highest BCUT2D eigenvalue weighted by Crippen LogP contribution is 2.23. The van der Waals surface area contributed by atoms with Gasteiger partial charge in [0, 0.05) is 43.3 Å². The van der Waals surface area contributed by atoms with Crippen LogP contribution in [0.4, 0.5) is 5.69 Å². The zero-order chi connectivity index (χ0) is 16.4. The molecular weight excluding hydrogens is 288 g/mol. The standard InChI is InChI=1S/C18H24N4O/c1-14-6-4-5-7-17(14)20-10-11-21(16(3)12-20)18(23)13-22-15(2)8-9-19-22/h4-9,16H,10-13H2,1-3H3/t16-/m0/s1. The summed E-state index contributed by atoms with van der Waals surface area (Å²) in [5.41, 5.74) is 3.57. The van der Waals surface area contributed by atoms with Crippen molar-refractivity contribution in [1.29, 1.82) is 0 Å². The molecule has 122 valence electrons. The minimum atomic E-state index is 0.147. The molecule has 1 aromatic carbocycles. The van der Waals surface area contributed by atoms with E-state index in [0.717, 1.165) is 25.3 Å². The summed E-state index contributed by atoms with van der Waals surface area (Å²) in [6.45, 7) is 9.06. The summed E-state index contributed by atoms with van der Waals surface area (Å²) < 4.78 is 1.77. The number of nitrogens with zero attached hydrogens (tertiary/aromatic N) is 4. The molecule has 0 N–H and O–H groups in total. The Bertz CT molecular complexity index is 694. The van der Waals surface area contributed by atoms with E-state index in [-0.39, 0.29) is 11.9 Å². The Labute approximate surface area is 137 Å². The van der Waals surface area contributed by atoms with E-state index in [0.29, 0.717) is 6.54 Å². The largest absolute Gasteiger partial charge is 0.367 e. The predicted octanol–water partition coefficient (Wildman–Crippen LogP) is 2.24. The van der Waals surface area contributed by atoms with E-state index in [4.69, 9.17) is 0 Å². The molecular formula is C18H24N4O. The Kier molecular flexibility index (Phi) is 4.37. The van der Waals surface area contributed by atoms with Gasteiger partial charge in [-0.2, -0.15) is 5.10 Å². The molecule has 3 rings (SSSR count). The van der Waals surface area contributed by atoms with Gasteiger partial charge in [-0.1, -0.05) is 18.2 Å². The van der Waals surface area contributed by atoms with Crippen LogP contribution in [-0.2, 0) is 11.3 Å². The Balaban J connectivity index is 1.66. The van der Waals surface area contributed by atoms with E-state index in [1.807, 2.05) is 17.9 Å². The van der Waals surface area contributed by atoms with E-state index < -0.39 is 0 Å². The van der Waals surface area contributed by atoms with Crippen molar-refractivity contribution in [1.82, 2.24) is 14.7 Å². The molecule has 1 atom stereocenters. The number of para-hydroxylation sites is 1. The van der Waals surface area contributed by atoms with Crippen molar-refractivity contribution in [2.24, 2.45) is 0 Å². The zero-order valence-electron chi connectivity index (χ0n) is 14.1. The van der Waals surface area contributed by atoms with Crippen molar-refractivity contribution in [3.05, 3.63) is 47.8 Å². The summed E-state index contributed by atoms with van der Waals surface area (Å²) in [5.74, 6) is 0.147. The summed E-state index contributed by atoms with van der Waals surface area (Å²) in [6, 6.07) is 10.6. The first kappa shape index (κ1) is 15.6. The quantitative estimate of drug-likeness (QED) is 0.873. The van der Waals surface area contributed by atoms with Gasteiger partial charge in [0.1, 0.15) is 6.54 Å². The number of carbonyl (C=O) groups excluding carboxylic acids is 1. The fraction of sp³-hybridized carbons (Fsp3) is 0.444. The highest BCUT2D eigenvalue weighted by atomic mass is 16.2. The number of anilines is 1. The lowest BCUT2D eigenvalue weighted by Crippen LogP contribution is -2.55. The average Bonchev–Trinajstić information content (AvgIpc) is 2.92. The summed E-state index contributed by atoms with van der Waals surface area (Å²) in [7, 11) is 0. The van der Waals surface area contributed by atoms with Gasteiger partial charge in [-0.3, -0.25) is 9.48 Å². The van der Waals surface area contributed by atoms with Crippen LogP contribution in [0.25, 0.3) is 0 Å². The second-order valence-electron chi connectivity index (χ2n) is 6.30. The Hall–Kier alpha value is -2.30. The van der Waals surface area contributed by atoms with Crippen LogP contribution in [0.1, 0.15) is 18.2 Å². The Morgan fingerprint density at radius 1 is 1.22 bits per heavy atom. The lowest BCUT2D eigenvalue weighted by atomic mass is 10.1. The van der Waals surface area contributed by atoms with Crippen LogP contribution in [0.3, 0.4) is 0 Å². The highest BCUT2D eigenvalue weighted by molar-refractivity contribution is 5.76. The zero-order valence-corrected chi connectivity index (χ0v) is 14.1. The molecule has 0 bridgehead atoms. The van der Waals surface area contributed by atoms with Crippen molar-refractivity contribution in [3.63, 3.8) is 0 Å². The van der Waals surface area contributed by atoms with Gasteiger partial charge in [-0.15, -0.1) is 0 Å². The monoisotopic (exact) mass is 312 g/mol. The maximum atomic E-state index is 12.6. The number of aromatic nitrogens is 2. The average molecular weight is 312 g/mol. The number of rotatable bonds is 3. The number of piperazine rings is 1. The molecule has 0 aliphatic carbocycles. The van der Waals surface area contributed by atoms with Crippen LogP contribution in [-0.4, -0.2) is 46.3 Å². The molecule has 5 heteroatoms. The van der Waals surface area contributed by atoms with Gasteiger partial charge < -0.3 is 9.80 Å². The van der Waals surface area contributed by atoms with E-state index in [9.17, 15) is 4.79 Å². The van der Waals surface area contributed by atoms with Crippen LogP contribution >= 0.6 is 0 Å². The number of carbonyl (C=O) groups is 1. The normalized spacial score (nSPS) is 18.3. The van der Waals surface area contributed by atoms with Gasteiger partial charge in [0.15, 0.2) is 0 Å². The fourth-order valence-corrected chi connectivity index (χ4v) is 3.25. The minimum Gasteiger partial charge on any atom is -0.367 e. The summed E-state index contributed by atoms with van der Waals surface area (Å²) in [5, 5.41) is 4.21. The number of hydrogen-bond donors (Lipinski definition) is 0. The van der Waals surface area contributed by atoms with Crippen LogP contribution in [0.5, 0.6) is 0 Å². The van der Waals surface area contributed by atoms with Gasteiger partial charge in [0.05, 0.1) is 0 Å². The molecule has 0 unspecified atom stereocenters. The smallest absolute Gasteiger partial charge is 0.244 e. The first-order valence-electron chi connectivity index (χ1n) is 8.14. The van der Waals surface area contributed by atoms with Gasteiger partial charge in [0.25, 0.3) is 0 Å². The molecule has 1 aliphatic rings.